The van der Waals surface area contributed by atoms with Crippen molar-refractivity contribution in [1.29, 1.82) is 0 Å². The van der Waals surface area contributed by atoms with Crippen molar-refractivity contribution in [2.45, 2.75) is 11.8 Å². The molecular weight excluding hydrogens is 445 g/mol. The Kier molecular flexibility index (Phi) is 5.57. The van der Waals surface area contributed by atoms with E-state index < -0.39 is 15.8 Å². The SMILES string of the molecule is Cc1nccn1-c1cc(Oc2ccc(NS(=O)(=O)c3ccc(F)c(Cl)c3)cc2)ncn1. The second kappa shape index (κ2) is 8.32. The van der Waals surface area contributed by atoms with Crippen LogP contribution in [-0.2, 0) is 10.0 Å². The summed E-state index contributed by atoms with van der Waals surface area (Å²) >= 11 is 5.67. The second-order valence-corrected chi connectivity index (χ2v) is 8.46. The first kappa shape index (κ1) is 20.8. The van der Waals surface area contributed by atoms with E-state index in [0.29, 0.717) is 23.1 Å². The van der Waals surface area contributed by atoms with E-state index in [1.54, 1.807) is 35.2 Å². The van der Waals surface area contributed by atoms with Crippen LogP contribution in [0.15, 0.2) is 72.1 Å². The Morgan fingerprint density at radius 2 is 1.84 bits per heavy atom. The van der Waals surface area contributed by atoms with Crippen molar-refractivity contribution in [2.24, 2.45) is 0 Å². The van der Waals surface area contributed by atoms with Gasteiger partial charge in [0.05, 0.1) is 9.92 Å². The molecule has 0 unspecified atom stereocenters. The molecule has 0 atom stereocenters. The molecule has 0 aliphatic rings. The molecule has 0 bridgehead atoms. The molecule has 2 aromatic heterocycles. The maximum Gasteiger partial charge on any atom is 0.261 e. The van der Waals surface area contributed by atoms with Gasteiger partial charge in [0.2, 0.25) is 5.88 Å². The molecule has 4 rings (SSSR count). The molecule has 0 aliphatic heterocycles. The second-order valence-electron chi connectivity index (χ2n) is 6.37. The quantitative estimate of drug-likeness (QED) is 0.460. The zero-order chi connectivity index (χ0) is 22.0. The molecule has 2 aromatic carbocycles. The molecule has 158 valence electrons. The fourth-order valence-electron chi connectivity index (χ4n) is 2.71. The molecule has 0 amide bonds. The first-order valence-corrected chi connectivity index (χ1v) is 10.8. The minimum atomic E-state index is -3.93. The van der Waals surface area contributed by atoms with Gasteiger partial charge in [-0.25, -0.2) is 27.8 Å². The summed E-state index contributed by atoms with van der Waals surface area (Å²) in [7, 11) is -3.93. The number of imidazole rings is 1. The van der Waals surface area contributed by atoms with Crippen LogP contribution in [0.1, 0.15) is 5.82 Å². The third-order valence-electron chi connectivity index (χ3n) is 4.23. The highest BCUT2D eigenvalue weighted by Gasteiger charge is 2.16. The highest BCUT2D eigenvalue weighted by molar-refractivity contribution is 7.92. The van der Waals surface area contributed by atoms with E-state index in [9.17, 15) is 12.8 Å². The van der Waals surface area contributed by atoms with E-state index in [1.165, 1.54) is 18.5 Å². The zero-order valence-electron chi connectivity index (χ0n) is 16.0. The summed E-state index contributed by atoms with van der Waals surface area (Å²) in [5.41, 5.74) is 0.296. The van der Waals surface area contributed by atoms with Gasteiger partial charge in [-0.3, -0.25) is 9.29 Å². The molecule has 2 heterocycles. The minimum absolute atomic E-state index is 0.150. The Morgan fingerprint density at radius 1 is 1.06 bits per heavy atom. The number of rotatable bonds is 6. The summed E-state index contributed by atoms with van der Waals surface area (Å²) in [5.74, 6) is 1.43. The molecule has 8 nitrogen and oxygen atoms in total. The topological polar surface area (TPSA) is 99.0 Å². The van der Waals surface area contributed by atoms with Gasteiger partial charge in [-0.2, -0.15) is 0 Å². The van der Waals surface area contributed by atoms with Crippen LogP contribution >= 0.6 is 11.6 Å². The van der Waals surface area contributed by atoms with Crippen LogP contribution in [0.2, 0.25) is 5.02 Å². The van der Waals surface area contributed by atoms with Gasteiger partial charge in [-0.1, -0.05) is 11.6 Å². The van der Waals surface area contributed by atoms with Gasteiger partial charge in [-0.05, 0) is 49.4 Å². The van der Waals surface area contributed by atoms with Crippen LogP contribution < -0.4 is 9.46 Å². The van der Waals surface area contributed by atoms with Crippen molar-refractivity contribution in [3.63, 3.8) is 0 Å². The summed E-state index contributed by atoms with van der Waals surface area (Å²) in [4.78, 5) is 12.3. The van der Waals surface area contributed by atoms with Crippen molar-refractivity contribution < 1.29 is 17.5 Å². The summed E-state index contributed by atoms with van der Waals surface area (Å²) in [6.45, 7) is 1.85. The predicted octanol–water partition coefficient (Wildman–Crippen LogP) is 4.36. The number of ether oxygens (including phenoxy) is 1. The van der Waals surface area contributed by atoms with Gasteiger partial charge in [0.1, 0.15) is 29.5 Å². The lowest BCUT2D eigenvalue weighted by Crippen LogP contribution is -2.13. The molecule has 31 heavy (non-hydrogen) atoms. The lowest BCUT2D eigenvalue weighted by Gasteiger charge is -2.10. The van der Waals surface area contributed by atoms with Crippen molar-refractivity contribution in [1.82, 2.24) is 19.5 Å². The fourth-order valence-corrected chi connectivity index (χ4v) is 4.04. The number of hydrogen-bond acceptors (Lipinski definition) is 6. The van der Waals surface area contributed by atoms with Crippen molar-refractivity contribution >= 4 is 27.3 Å². The van der Waals surface area contributed by atoms with Gasteiger partial charge in [0, 0.05) is 24.1 Å². The molecule has 11 heteroatoms. The van der Waals surface area contributed by atoms with E-state index in [0.717, 1.165) is 24.0 Å². The fraction of sp³-hybridized carbons (Fsp3) is 0.0500. The summed E-state index contributed by atoms with van der Waals surface area (Å²) in [5, 5.41) is -0.276. The van der Waals surface area contributed by atoms with Crippen LogP contribution in [0, 0.1) is 12.7 Å². The van der Waals surface area contributed by atoms with E-state index in [-0.39, 0.29) is 9.92 Å². The first-order valence-electron chi connectivity index (χ1n) is 8.90. The van der Waals surface area contributed by atoms with Gasteiger partial charge < -0.3 is 4.74 Å². The Morgan fingerprint density at radius 3 is 2.52 bits per heavy atom. The number of nitrogens with one attached hydrogen (secondary N) is 1. The van der Waals surface area contributed by atoms with Crippen LogP contribution in [0.5, 0.6) is 11.6 Å². The highest BCUT2D eigenvalue weighted by Crippen LogP contribution is 2.25. The smallest absolute Gasteiger partial charge is 0.261 e. The van der Waals surface area contributed by atoms with E-state index in [2.05, 4.69) is 19.7 Å². The molecule has 4 aromatic rings. The summed E-state index contributed by atoms with van der Waals surface area (Å²) < 4.78 is 48.2. The molecular formula is C20H15ClFN5O3S. The number of benzene rings is 2. The summed E-state index contributed by atoms with van der Waals surface area (Å²) in [6, 6.07) is 11.1. The van der Waals surface area contributed by atoms with Crippen molar-refractivity contribution in [3.05, 3.63) is 83.9 Å². The number of aromatic nitrogens is 4. The third-order valence-corrected chi connectivity index (χ3v) is 5.90. The Bertz CT molecular complexity index is 1340. The maximum atomic E-state index is 13.3. The van der Waals surface area contributed by atoms with Crippen molar-refractivity contribution in [3.8, 4) is 17.4 Å². The van der Waals surface area contributed by atoms with Gasteiger partial charge in [-0.15, -0.1) is 0 Å². The number of aryl methyl sites for hydroxylation is 1. The lowest BCUT2D eigenvalue weighted by atomic mass is 10.3. The standard InChI is InChI=1S/C20H15ClFN5O3S/c1-13-23-8-9-27(13)19-11-20(25-12-24-19)30-15-4-2-14(3-5-15)26-31(28,29)16-6-7-18(22)17(21)10-16/h2-12,26H,1H3. The molecule has 0 fully saturated rings. The molecule has 0 radical (unpaired) electrons. The normalized spacial score (nSPS) is 11.3. The Labute approximate surface area is 182 Å². The minimum Gasteiger partial charge on any atom is -0.439 e. The van der Waals surface area contributed by atoms with Crippen LogP contribution in [0.25, 0.3) is 5.82 Å². The monoisotopic (exact) mass is 459 g/mol. The van der Waals surface area contributed by atoms with E-state index >= 15 is 0 Å². The molecule has 0 aliphatic carbocycles. The molecule has 0 saturated heterocycles. The Hall–Kier alpha value is -3.50. The highest BCUT2D eigenvalue weighted by atomic mass is 35.5. The van der Waals surface area contributed by atoms with Crippen LogP contribution in [-0.4, -0.2) is 27.9 Å². The average Bonchev–Trinajstić information content (AvgIpc) is 3.17. The average molecular weight is 460 g/mol. The van der Waals surface area contributed by atoms with Gasteiger partial charge in [0.25, 0.3) is 10.0 Å². The van der Waals surface area contributed by atoms with Gasteiger partial charge >= 0.3 is 0 Å². The maximum absolute atomic E-state index is 13.3. The number of sulfonamides is 1. The van der Waals surface area contributed by atoms with Crippen molar-refractivity contribution in [2.75, 3.05) is 4.72 Å². The third kappa shape index (κ3) is 4.65. The largest absolute Gasteiger partial charge is 0.439 e. The number of halogens is 2. The van der Waals surface area contributed by atoms with Crippen LogP contribution in [0.3, 0.4) is 0 Å². The first-order chi connectivity index (χ1) is 14.8. The Balaban J connectivity index is 1.49. The van der Waals surface area contributed by atoms with Gasteiger partial charge in [0.15, 0.2) is 0 Å². The van der Waals surface area contributed by atoms with Crippen LogP contribution in [0.4, 0.5) is 10.1 Å². The number of hydrogen-bond donors (Lipinski definition) is 1. The number of anilines is 1. The lowest BCUT2D eigenvalue weighted by molar-refractivity contribution is 0.461. The molecule has 0 spiro atoms. The molecule has 0 saturated carbocycles. The zero-order valence-corrected chi connectivity index (χ0v) is 17.6. The molecule has 1 N–H and O–H groups in total. The van der Waals surface area contributed by atoms with E-state index in [1.807, 2.05) is 6.92 Å². The predicted molar refractivity (Wildman–Crippen MR) is 113 cm³/mol. The number of nitrogens with zero attached hydrogens (tertiary/aromatic N) is 4. The van der Waals surface area contributed by atoms with E-state index in [4.69, 9.17) is 16.3 Å². The summed E-state index contributed by atoms with van der Waals surface area (Å²) in [6.07, 6.45) is 4.81.